The highest BCUT2D eigenvalue weighted by Crippen LogP contribution is 2.23. The van der Waals surface area contributed by atoms with E-state index in [9.17, 15) is 9.59 Å². The monoisotopic (exact) mass is 344 g/mol. The van der Waals surface area contributed by atoms with Gasteiger partial charge in [-0.05, 0) is 24.6 Å². The number of halogens is 2. The first-order valence-corrected chi connectivity index (χ1v) is 7.80. The first-order chi connectivity index (χ1) is 10.5. The third-order valence-corrected chi connectivity index (χ3v) is 4.38. The first kappa shape index (κ1) is 17.1. The van der Waals surface area contributed by atoms with E-state index in [4.69, 9.17) is 27.9 Å². The summed E-state index contributed by atoms with van der Waals surface area (Å²) in [6, 6.07) is 4.54. The number of nitrogens with zero attached hydrogens (tertiary/aromatic N) is 1. The quantitative estimate of drug-likeness (QED) is 0.830. The smallest absolute Gasteiger partial charge is 0.245 e. The number of hydrogen-bond donors (Lipinski definition) is 1. The van der Waals surface area contributed by atoms with Crippen molar-refractivity contribution in [1.82, 2.24) is 10.2 Å². The van der Waals surface area contributed by atoms with E-state index < -0.39 is 6.04 Å². The first-order valence-electron chi connectivity index (χ1n) is 7.04. The molecule has 0 spiro atoms. The van der Waals surface area contributed by atoms with Crippen LogP contribution >= 0.6 is 23.2 Å². The summed E-state index contributed by atoms with van der Waals surface area (Å²) in [4.78, 5) is 25.2. The van der Waals surface area contributed by atoms with E-state index in [2.05, 4.69) is 5.32 Å². The molecule has 0 radical (unpaired) electrons. The van der Waals surface area contributed by atoms with Crippen molar-refractivity contribution in [2.45, 2.75) is 25.4 Å². The Morgan fingerprint density at radius 1 is 1.50 bits per heavy atom. The Balaban J connectivity index is 2.12. The van der Waals surface area contributed by atoms with Gasteiger partial charge in [-0.15, -0.1) is 0 Å². The number of ether oxygens (including phenoxy) is 1. The molecule has 2 rings (SSSR count). The molecular formula is C15H18Cl2N2O3. The summed E-state index contributed by atoms with van der Waals surface area (Å²) < 4.78 is 5.33. The van der Waals surface area contributed by atoms with Crippen molar-refractivity contribution in [2.24, 2.45) is 0 Å². The minimum Gasteiger partial charge on any atom is -0.377 e. The molecule has 1 aromatic carbocycles. The Morgan fingerprint density at radius 2 is 2.27 bits per heavy atom. The largest absolute Gasteiger partial charge is 0.377 e. The number of nitrogens with one attached hydrogen (secondary N) is 1. The van der Waals surface area contributed by atoms with Gasteiger partial charge in [0.15, 0.2) is 0 Å². The predicted molar refractivity (Wildman–Crippen MR) is 85.1 cm³/mol. The number of rotatable bonds is 5. The van der Waals surface area contributed by atoms with E-state index in [1.807, 2.05) is 6.92 Å². The van der Waals surface area contributed by atoms with E-state index in [0.717, 1.165) is 5.56 Å². The molecule has 0 aromatic heterocycles. The second-order valence-electron chi connectivity index (χ2n) is 5.25. The number of carbonyl (C=O) groups excluding carboxylic acids is 2. The molecule has 22 heavy (non-hydrogen) atoms. The van der Waals surface area contributed by atoms with Crippen molar-refractivity contribution < 1.29 is 14.3 Å². The molecule has 0 saturated carbocycles. The molecule has 1 aliphatic rings. The topological polar surface area (TPSA) is 58.6 Å². The molecule has 0 unspecified atom stereocenters. The number of morpholine rings is 1. The maximum Gasteiger partial charge on any atom is 0.245 e. The highest BCUT2D eigenvalue weighted by molar-refractivity contribution is 6.42. The van der Waals surface area contributed by atoms with Gasteiger partial charge >= 0.3 is 0 Å². The van der Waals surface area contributed by atoms with E-state index in [-0.39, 0.29) is 11.9 Å². The van der Waals surface area contributed by atoms with Gasteiger partial charge in [-0.2, -0.15) is 0 Å². The van der Waals surface area contributed by atoms with Gasteiger partial charge in [-0.1, -0.05) is 29.3 Å². The summed E-state index contributed by atoms with van der Waals surface area (Å²) in [6.45, 7) is 3.47. The lowest BCUT2D eigenvalue weighted by molar-refractivity contribution is -0.142. The van der Waals surface area contributed by atoms with Crippen molar-refractivity contribution in [2.75, 3.05) is 19.8 Å². The van der Waals surface area contributed by atoms with Crippen molar-refractivity contribution >= 4 is 35.5 Å². The Bertz CT molecular complexity index is 554. The van der Waals surface area contributed by atoms with Crippen molar-refractivity contribution in [3.63, 3.8) is 0 Å². The molecule has 7 heteroatoms. The van der Waals surface area contributed by atoms with Gasteiger partial charge in [0.25, 0.3) is 0 Å². The lowest BCUT2D eigenvalue weighted by atomic mass is 10.0. The third kappa shape index (κ3) is 4.12. The van der Waals surface area contributed by atoms with Crippen LogP contribution in [0.2, 0.25) is 10.0 Å². The van der Waals surface area contributed by atoms with Crippen LogP contribution in [0, 0.1) is 0 Å². The van der Waals surface area contributed by atoms with Crippen LogP contribution in [0.15, 0.2) is 18.2 Å². The maximum atomic E-state index is 12.6. The SMILES string of the molecule is C[C@@H]1COCCN1C(=O)[C@H](Cc1ccc(Cl)c(Cl)c1)NC=O. The van der Waals surface area contributed by atoms with Gasteiger partial charge in [-0.25, -0.2) is 0 Å². The zero-order valence-corrected chi connectivity index (χ0v) is 13.7. The Kier molecular flexibility index (Phi) is 6.06. The lowest BCUT2D eigenvalue weighted by Crippen LogP contribution is -2.54. The summed E-state index contributed by atoms with van der Waals surface area (Å²) in [7, 11) is 0. The van der Waals surface area contributed by atoms with E-state index in [1.165, 1.54) is 0 Å². The highest BCUT2D eigenvalue weighted by Gasteiger charge is 2.29. The van der Waals surface area contributed by atoms with E-state index in [0.29, 0.717) is 42.6 Å². The summed E-state index contributed by atoms with van der Waals surface area (Å²) in [5, 5.41) is 3.48. The van der Waals surface area contributed by atoms with Crippen LogP contribution in [-0.4, -0.2) is 49.1 Å². The van der Waals surface area contributed by atoms with Crippen LogP contribution in [0.3, 0.4) is 0 Å². The zero-order chi connectivity index (χ0) is 16.1. The average molecular weight is 345 g/mol. The molecule has 0 aliphatic carbocycles. The standard InChI is InChI=1S/C15H18Cl2N2O3/c1-10-8-22-5-4-19(10)15(21)14(18-9-20)7-11-2-3-12(16)13(17)6-11/h2-3,6,9-10,14H,4-5,7-8H2,1H3,(H,18,20)/t10-,14+/m1/s1. The number of amides is 2. The predicted octanol–water partition coefficient (Wildman–Crippen LogP) is 1.90. The van der Waals surface area contributed by atoms with Crippen LogP contribution in [-0.2, 0) is 20.7 Å². The Labute approximate surface area is 139 Å². The number of carbonyl (C=O) groups is 2. The number of hydrogen-bond acceptors (Lipinski definition) is 3. The van der Waals surface area contributed by atoms with Crippen molar-refractivity contribution in [3.8, 4) is 0 Å². The number of benzene rings is 1. The van der Waals surface area contributed by atoms with Crippen LogP contribution < -0.4 is 5.32 Å². The van der Waals surface area contributed by atoms with Crippen LogP contribution in [0.1, 0.15) is 12.5 Å². The maximum absolute atomic E-state index is 12.6. The van der Waals surface area contributed by atoms with Gasteiger partial charge in [0.2, 0.25) is 12.3 Å². The van der Waals surface area contributed by atoms with Crippen LogP contribution in [0.25, 0.3) is 0 Å². The zero-order valence-electron chi connectivity index (χ0n) is 12.2. The Hall–Kier alpha value is -1.30. The second-order valence-corrected chi connectivity index (χ2v) is 6.06. The molecule has 1 aromatic rings. The molecular weight excluding hydrogens is 327 g/mol. The minimum absolute atomic E-state index is 0.00833. The molecule has 120 valence electrons. The average Bonchev–Trinajstić information content (AvgIpc) is 2.50. The molecule has 1 saturated heterocycles. The molecule has 1 heterocycles. The Morgan fingerprint density at radius 3 is 2.91 bits per heavy atom. The summed E-state index contributed by atoms with van der Waals surface area (Å²) in [5.41, 5.74) is 0.836. The van der Waals surface area contributed by atoms with Crippen molar-refractivity contribution in [1.29, 1.82) is 0 Å². The third-order valence-electron chi connectivity index (χ3n) is 3.64. The highest BCUT2D eigenvalue weighted by atomic mass is 35.5. The lowest BCUT2D eigenvalue weighted by Gasteiger charge is -2.35. The summed E-state index contributed by atoms with van der Waals surface area (Å²) in [5.74, 6) is -0.117. The molecule has 0 bridgehead atoms. The normalized spacial score (nSPS) is 19.6. The summed E-state index contributed by atoms with van der Waals surface area (Å²) in [6.07, 6.45) is 0.906. The molecule has 1 fully saturated rings. The van der Waals surface area contributed by atoms with Crippen LogP contribution in [0.4, 0.5) is 0 Å². The van der Waals surface area contributed by atoms with Crippen LogP contribution in [0.5, 0.6) is 0 Å². The fraction of sp³-hybridized carbons (Fsp3) is 0.467. The molecule has 2 amide bonds. The van der Waals surface area contributed by atoms with E-state index in [1.54, 1.807) is 23.1 Å². The van der Waals surface area contributed by atoms with Gasteiger partial charge < -0.3 is 15.0 Å². The fourth-order valence-corrected chi connectivity index (χ4v) is 2.78. The summed E-state index contributed by atoms with van der Waals surface area (Å²) >= 11 is 11.9. The van der Waals surface area contributed by atoms with Gasteiger partial charge in [-0.3, -0.25) is 9.59 Å². The molecule has 1 N–H and O–H groups in total. The fourth-order valence-electron chi connectivity index (χ4n) is 2.46. The van der Waals surface area contributed by atoms with Crippen molar-refractivity contribution in [3.05, 3.63) is 33.8 Å². The molecule has 2 atom stereocenters. The van der Waals surface area contributed by atoms with Gasteiger partial charge in [0, 0.05) is 13.0 Å². The second kappa shape index (κ2) is 7.81. The van der Waals surface area contributed by atoms with E-state index >= 15 is 0 Å². The molecule has 1 aliphatic heterocycles. The molecule has 5 nitrogen and oxygen atoms in total. The van der Waals surface area contributed by atoms with Gasteiger partial charge in [0.05, 0.1) is 29.3 Å². The van der Waals surface area contributed by atoms with Gasteiger partial charge in [0.1, 0.15) is 6.04 Å². The minimum atomic E-state index is -0.629.